The van der Waals surface area contributed by atoms with Crippen LogP contribution in [0.2, 0.25) is 0 Å². The number of hydrogen-bond donors (Lipinski definition) is 8. The standard InChI is InChI=1S/C18H29N5O10/c1-7(2)14(20)17(31)22-9(5-12(25)26)16(30)21-8(3-4-11(19)24)15(29)23-10(18(32)33)6-13(27)28/h7-10,14H,3-6,20H2,1-2H3,(H2,19,24)(H,21,30)(H,22,31)(H,23,29)(H,25,26)(H,27,28)(H,32,33). The van der Waals surface area contributed by atoms with Gasteiger partial charge >= 0.3 is 17.9 Å². The molecule has 0 spiro atoms. The molecule has 0 aromatic rings. The number of nitrogens with two attached hydrogens (primary N) is 2. The first-order valence-corrected chi connectivity index (χ1v) is 9.77. The van der Waals surface area contributed by atoms with Gasteiger partial charge in [0.25, 0.3) is 0 Å². The fraction of sp³-hybridized carbons (Fsp3) is 0.611. The smallest absolute Gasteiger partial charge is 0.326 e. The van der Waals surface area contributed by atoms with E-state index < -0.39 is 91.4 Å². The Morgan fingerprint density at radius 1 is 0.727 bits per heavy atom. The highest BCUT2D eigenvalue weighted by Gasteiger charge is 2.32. The molecule has 4 unspecified atom stereocenters. The minimum atomic E-state index is -1.85. The highest BCUT2D eigenvalue weighted by Crippen LogP contribution is 2.05. The molecule has 4 amide bonds. The minimum Gasteiger partial charge on any atom is -0.481 e. The van der Waals surface area contributed by atoms with E-state index >= 15 is 0 Å². The van der Waals surface area contributed by atoms with Crippen LogP contribution in [0.25, 0.3) is 0 Å². The van der Waals surface area contributed by atoms with Crippen LogP contribution in [0, 0.1) is 5.92 Å². The van der Waals surface area contributed by atoms with Gasteiger partial charge < -0.3 is 42.7 Å². The van der Waals surface area contributed by atoms with Crippen molar-refractivity contribution in [2.24, 2.45) is 17.4 Å². The van der Waals surface area contributed by atoms with Crippen molar-refractivity contribution in [3.05, 3.63) is 0 Å². The van der Waals surface area contributed by atoms with E-state index in [4.69, 9.17) is 26.8 Å². The predicted octanol–water partition coefficient (Wildman–Crippen LogP) is -3.28. The molecule has 0 fully saturated rings. The number of carbonyl (C=O) groups excluding carboxylic acids is 4. The molecule has 0 aromatic carbocycles. The van der Waals surface area contributed by atoms with Gasteiger partial charge in [-0.25, -0.2) is 4.79 Å². The lowest BCUT2D eigenvalue weighted by Gasteiger charge is -2.24. The monoisotopic (exact) mass is 475 g/mol. The fourth-order valence-electron chi connectivity index (χ4n) is 2.43. The number of carboxylic acid groups (broad SMARTS) is 3. The second kappa shape index (κ2) is 13.6. The van der Waals surface area contributed by atoms with E-state index in [1.165, 1.54) is 0 Å². The topological polar surface area (TPSA) is 268 Å². The predicted molar refractivity (Wildman–Crippen MR) is 109 cm³/mol. The number of rotatable bonds is 15. The van der Waals surface area contributed by atoms with E-state index in [1.54, 1.807) is 13.8 Å². The average Bonchev–Trinajstić information content (AvgIpc) is 2.67. The van der Waals surface area contributed by atoms with E-state index in [-0.39, 0.29) is 5.92 Å². The number of carbonyl (C=O) groups is 7. The Kier molecular flexibility index (Phi) is 12.1. The first-order chi connectivity index (χ1) is 15.1. The first-order valence-electron chi connectivity index (χ1n) is 9.77. The van der Waals surface area contributed by atoms with Crippen molar-refractivity contribution in [3.63, 3.8) is 0 Å². The second-order valence-electron chi connectivity index (χ2n) is 7.49. The number of amides is 4. The lowest BCUT2D eigenvalue weighted by Crippen LogP contribution is -2.58. The SMILES string of the molecule is CC(C)C(N)C(=O)NC(CC(=O)O)C(=O)NC(CCC(N)=O)C(=O)NC(CC(=O)O)C(=O)O. The molecule has 0 heterocycles. The van der Waals surface area contributed by atoms with Crippen molar-refractivity contribution in [1.82, 2.24) is 16.0 Å². The fourth-order valence-corrected chi connectivity index (χ4v) is 2.43. The van der Waals surface area contributed by atoms with Gasteiger partial charge in [-0.2, -0.15) is 0 Å². The molecule has 0 aliphatic carbocycles. The Balaban J connectivity index is 5.63. The van der Waals surface area contributed by atoms with Crippen molar-refractivity contribution in [2.75, 3.05) is 0 Å². The van der Waals surface area contributed by atoms with E-state index in [0.717, 1.165) is 0 Å². The molecule has 0 aromatic heterocycles. The van der Waals surface area contributed by atoms with Crippen molar-refractivity contribution >= 4 is 41.5 Å². The van der Waals surface area contributed by atoms with Crippen LogP contribution in [0.15, 0.2) is 0 Å². The van der Waals surface area contributed by atoms with Crippen LogP contribution in [-0.4, -0.2) is 81.0 Å². The lowest BCUT2D eigenvalue weighted by molar-refractivity contribution is -0.147. The van der Waals surface area contributed by atoms with E-state index in [2.05, 4.69) is 10.6 Å². The summed E-state index contributed by atoms with van der Waals surface area (Å²) in [7, 11) is 0. The maximum atomic E-state index is 12.6. The van der Waals surface area contributed by atoms with Crippen LogP contribution in [0.5, 0.6) is 0 Å². The summed E-state index contributed by atoms with van der Waals surface area (Å²) < 4.78 is 0. The third kappa shape index (κ3) is 11.4. The van der Waals surface area contributed by atoms with E-state index in [9.17, 15) is 33.6 Å². The number of aliphatic carboxylic acids is 3. The molecule has 10 N–H and O–H groups in total. The molecule has 0 aliphatic rings. The maximum absolute atomic E-state index is 12.6. The van der Waals surface area contributed by atoms with Crippen LogP contribution in [-0.2, 0) is 33.6 Å². The summed E-state index contributed by atoms with van der Waals surface area (Å²) in [5.74, 6) is -8.95. The summed E-state index contributed by atoms with van der Waals surface area (Å²) in [6, 6.07) is -6.15. The molecular formula is C18H29N5O10. The Bertz CT molecular complexity index is 785. The number of nitrogens with one attached hydrogen (secondary N) is 3. The maximum Gasteiger partial charge on any atom is 0.326 e. The Morgan fingerprint density at radius 3 is 1.58 bits per heavy atom. The third-order valence-electron chi connectivity index (χ3n) is 4.34. The van der Waals surface area contributed by atoms with Gasteiger partial charge in [0.2, 0.25) is 23.6 Å². The molecule has 4 atom stereocenters. The number of carboxylic acids is 3. The quantitative estimate of drug-likeness (QED) is 0.116. The zero-order chi connectivity index (χ0) is 25.9. The van der Waals surface area contributed by atoms with Crippen molar-refractivity contribution < 1.29 is 48.9 Å². The second-order valence-corrected chi connectivity index (χ2v) is 7.49. The van der Waals surface area contributed by atoms with Gasteiger partial charge in [0.1, 0.15) is 18.1 Å². The third-order valence-corrected chi connectivity index (χ3v) is 4.34. The van der Waals surface area contributed by atoms with Crippen molar-refractivity contribution in [3.8, 4) is 0 Å². The minimum absolute atomic E-state index is 0.338. The first kappa shape index (κ1) is 29.2. The number of primary amides is 1. The van der Waals surface area contributed by atoms with Gasteiger partial charge in [0.05, 0.1) is 18.9 Å². The lowest BCUT2D eigenvalue weighted by atomic mass is 10.0. The molecule has 186 valence electrons. The van der Waals surface area contributed by atoms with Gasteiger partial charge in [0.15, 0.2) is 0 Å². The van der Waals surface area contributed by atoms with Gasteiger partial charge in [-0.05, 0) is 12.3 Å². The molecule has 0 rings (SSSR count). The van der Waals surface area contributed by atoms with Crippen LogP contribution < -0.4 is 27.4 Å². The van der Waals surface area contributed by atoms with Crippen LogP contribution in [0.1, 0.15) is 39.5 Å². The van der Waals surface area contributed by atoms with Crippen LogP contribution in [0.3, 0.4) is 0 Å². The summed E-state index contributed by atoms with van der Waals surface area (Å²) in [4.78, 5) is 81.5. The summed E-state index contributed by atoms with van der Waals surface area (Å²) >= 11 is 0. The summed E-state index contributed by atoms with van der Waals surface area (Å²) in [6.45, 7) is 3.24. The van der Waals surface area contributed by atoms with Crippen molar-refractivity contribution in [1.29, 1.82) is 0 Å². The number of hydrogen-bond acceptors (Lipinski definition) is 8. The largest absolute Gasteiger partial charge is 0.481 e. The molecule has 0 saturated heterocycles. The Labute approximate surface area is 188 Å². The Morgan fingerprint density at radius 2 is 1.15 bits per heavy atom. The van der Waals surface area contributed by atoms with Crippen LogP contribution >= 0.6 is 0 Å². The van der Waals surface area contributed by atoms with E-state index in [1.807, 2.05) is 5.32 Å². The molecule has 0 saturated carbocycles. The average molecular weight is 475 g/mol. The molecular weight excluding hydrogens is 446 g/mol. The van der Waals surface area contributed by atoms with Gasteiger partial charge in [-0.1, -0.05) is 13.8 Å². The van der Waals surface area contributed by atoms with Crippen LogP contribution in [0.4, 0.5) is 0 Å². The zero-order valence-electron chi connectivity index (χ0n) is 18.1. The summed E-state index contributed by atoms with van der Waals surface area (Å²) in [5, 5.41) is 33.1. The highest BCUT2D eigenvalue weighted by molar-refractivity contribution is 5.96. The van der Waals surface area contributed by atoms with E-state index in [0.29, 0.717) is 0 Å². The Hall–Kier alpha value is -3.75. The van der Waals surface area contributed by atoms with Gasteiger partial charge in [-0.15, -0.1) is 0 Å². The highest BCUT2D eigenvalue weighted by atomic mass is 16.4. The molecule has 0 aliphatic heterocycles. The molecule has 15 nitrogen and oxygen atoms in total. The van der Waals surface area contributed by atoms with Gasteiger partial charge in [0, 0.05) is 6.42 Å². The van der Waals surface area contributed by atoms with Crippen molar-refractivity contribution in [2.45, 2.75) is 63.7 Å². The normalized spacial score (nSPS) is 14.3. The molecule has 15 heteroatoms. The summed E-state index contributed by atoms with van der Waals surface area (Å²) in [5.41, 5.74) is 10.7. The summed E-state index contributed by atoms with van der Waals surface area (Å²) in [6.07, 6.45) is -2.68. The molecule has 0 bridgehead atoms. The zero-order valence-corrected chi connectivity index (χ0v) is 18.1. The van der Waals surface area contributed by atoms with Gasteiger partial charge in [-0.3, -0.25) is 28.8 Å². The molecule has 33 heavy (non-hydrogen) atoms. The molecule has 0 radical (unpaired) electrons.